The zero-order valence-corrected chi connectivity index (χ0v) is 19.2. The van der Waals surface area contributed by atoms with Crippen molar-refractivity contribution >= 4 is 11.9 Å². The number of hydrogen-bond donors (Lipinski definition) is 0. The summed E-state index contributed by atoms with van der Waals surface area (Å²) < 4.78 is 5.20. The van der Waals surface area contributed by atoms with Crippen LogP contribution in [0, 0.1) is 6.92 Å². The topological polar surface area (TPSA) is 58.6 Å². The standard InChI is InChI=1S/C26H30N4O2/c1-18-5-9-20(10-6-18)23-16-24(28-26(27-23)29(2)3)21-13-14-30(17-21)25(31)15-19-7-11-22(32-4)12-8-19/h5-12,16,21H,13-15,17H2,1-4H3. The van der Waals surface area contributed by atoms with Crippen molar-refractivity contribution in [3.8, 4) is 17.0 Å². The Labute approximate surface area is 189 Å². The molecule has 0 N–H and O–H groups in total. The molecule has 0 bridgehead atoms. The van der Waals surface area contributed by atoms with E-state index in [2.05, 4.69) is 37.3 Å². The minimum absolute atomic E-state index is 0.151. The summed E-state index contributed by atoms with van der Waals surface area (Å²) >= 11 is 0. The molecule has 6 heteroatoms. The second-order valence-corrected chi connectivity index (χ2v) is 8.59. The quantitative estimate of drug-likeness (QED) is 0.590. The first-order valence-electron chi connectivity index (χ1n) is 11.0. The summed E-state index contributed by atoms with van der Waals surface area (Å²) in [5, 5.41) is 0. The summed E-state index contributed by atoms with van der Waals surface area (Å²) in [6.45, 7) is 3.52. The predicted octanol–water partition coefficient (Wildman–Crippen LogP) is 4.09. The lowest BCUT2D eigenvalue weighted by atomic mass is 10.0. The van der Waals surface area contributed by atoms with Crippen LogP contribution in [-0.4, -0.2) is 55.1 Å². The Morgan fingerprint density at radius 1 is 1.09 bits per heavy atom. The molecule has 3 aromatic rings. The minimum atomic E-state index is 0.151. The van der Waals surface area contributed by atoms with Crippen molar-refractivity contribution in [2.45, 2.75) is 25.7 Å². The first-order chi connectivity index (χ1) is 15.4. The monoisotopic (exact) mass is 430 g/mol. The number of methoxy groups -OCH3 is 1. The van der Waals surface area contributed by atoms with Crippen molar-refractivity contribution in [2.24, 2.45) is 0 Å². The second kappa shape index (κ2) is 9.39. The van der Waals surface area contributed by atoms with Crippen LogP contribution in [0.3, 0.4) is 0 Å². The molecule has 1 fully saturated rings. The minimum Gasteiger partial charge on any atom is -0.497 e. The van der Waals surface area contributed by atoms with Gasteiger partial charge < -0.3 is 14.5 Å². The van der Waals surface area contributed by atoms with Crippen LogP contribution in [0.25, 0.3) is 11.3 Å². The maximum absolute atomic E-state index is 12.9. The molecule has 0 aliphatic carbocycles. The van der Waals surface area contributed by atoms with E-state index < -0.39 is 0 Å². The molecule has 32 heavy (non-hydrogen) atoms. The third-order valence-corrected chi connectivity index (χ3v) is 5.96. The highest BCUT2D eigenvalue weighted by Crippen LogP contribution is 2.30. The Morgan fingerprint density at radius 2 is 1.81 bits per heavy atom. The van der Waals surface area contributed by atoms with Gasteiger partial charge in [-0.05, 0) is 37.1 Å². The Hall–Kier alpha value is -3.41. The molecule has 1 amide bonds. The van der Waals surface area contributed by atoms with Crippen molar-refractivity contribution in [3.05, 3.63) is 71.4 Å². The maximum atomic E-state index is 12.9. The van der Waals surface area contributed by atoms with Crippen LogP contribution in [0.1, 0.15) is 29.2 Å². The number of aryl methyl sites for hydroxylation is 1. The first-order valence-corrected chi connectivity index (χ1v) is 11.0. The Morgan fingerprint density at radius 3 is 2.47 bits per heavy atom. The smallest absolute Gasteiger partial charge is 0.227 e. The van der Waals surface area contributed by atoms with Gasteiger partial charge >= 0.3 is 0 Å². The van der Waals surface area contributed by atoms with Crippen LogP contribution in [0.15, 0.2) is 54.6 Å². The van der Waals surface area contributed by atoms with E-state index in [9.17, 15) is 4.79 Å². The van der Waals surface area contributed by atoms with Gasteiger partial charge in [0.2, 0.25) is 11.9 Å². The molecule has 2 heterocycles. The summed E-state index contributed by atoms with van der Waals surface area (Å²) in [6, 6.07) is 18.2. The molecule has 0 saturated carbocycles. The number of ether oxygens (including phenoxy) is 1. The van der Waals surface area contributed by atoms with Gasteiger partial charge in [-0.1, -0.05) is 42.0 Å². The second-order valence-electron chi connectivity index (χ2n) is 8.59. The zero-order chi connectivity index (χ0) is 22.7. The molecule has 1 aliphatic rings. The lowest BCUT2D eigenvalue weighted by Crippen LogP contribution is -2.30. The molecule has 0 spiro atoms. The molecular weight excluding hydrogens is 400 g/mol. The van der Waals surface area contributed by atoms with Gasteiger partial charge in [-0.3, -0.25) is 4.79 Å². The van der Waals surface area contributed by atoms with Crippen LogP contribution in [0.5, 0.6) is 5.75 Å². The number of carbonyl (C=O) groups excluding carboxylic acids is 1. The fraction of sp³-hybridized carbons (Fsp3) is 0.346. The van der Waals surface area contributed by atoms with Crippen LogP contribution in [0.4, 0.5) is 5.95 Å². The van der Waals surface area contributed by atoms with Gasteiger partial charge in [-0.2, -0.15) is 0 Å². The fourth-order valence-electron chi connectivity index (χ4n) is 3.99. The Balaban J connectivity index is 1.51. The molecule has 6 nitrogen and oxygen atoms in total. The van der Waals surface area contributed by atoms with E-state index in [1.54, 1.807) is 7.11 Å². The number of aromatic nitrogens is 2. The molecular formula is C26H30N4O2. The number of likely N-dealkylation sites (tertiary alicyclic amines) is 1. The third kappa shape index (κ3) is 4.90. The van der Waals surface area contributed by atoms with Crippen LogP contribution in [-0.2, 0) is 11.2 Å². The maximum Gasteiger partial charge on any atom is 0.227 e. The van der Waals surface area contributed by atoms with E-state index in [0.717, 1.165) is 41.2 Å². The van der Waals surface area contributed by atoms with E-state index in [1.165, 1.54) is 5.56 Å². The van der Waals surface area contributed by atoms with Gasteiger partial charge in [0.25, 0.3) is 0 Å². The molecule has 0 radical (unpaired) electrons. The van der Waals surface area contributed by atoms with Crippen molar-refractivity contribution in [1.29, 1.82) is 0 Å². The SMILES string of the molecule is COc1ccc(CC(=O)N2CCC(c3cc(-c4ccc(C)cc4)nc(N(C)C)n3)C2)cc1. The van der Waals surface area contributed by atoms with Crippen molar-refractivity contribution in [3.63, 3.8) is 0 Å². The van der Waals surface area contributed by atoms with E-state index in [4.69, 9.17) is 14.7 Å². The van der Waals surface area contributed by atoms with Crippen LogP contribution < -0.4 is 9.64 Å². The predicted molar refractivity (Wildman–Crippen MR) is 127 cm³/mol. The average molecular weight is 431 g/mol. The first kappa shape index (κ1) is 21.8. The van der Waals surface area contributed by atoms with Gasteiger partial charge in [-0.15, -0.1) is 0 Å². The van der Waals surface area contributed by atoms with Gasteiger partial charge in [0, 0.05) is 38.7 Å². The highest BCUT2D eigenvalue weighted by atomic mass is 16.5. The van der Waals surface area contributed by atoms with E-state index in [-0.39, 0.29) is 11.8 Å². The molecule has 2 aromatic carbocycles. The Kier molecular flexibility index (Phi) is 6.40. The van der Waals surface area contributed by atoms with Crippen LogP contribution in [0.2, 0.25) is 0 Å². The number of hydrogen-bond acceptors (Lipinski definition) is 5. The lowest BCUT2D eigenvalue weighted by Gasteiger charge is -2.18. The summed E-state index contributed by atoms with van der Waals surface area (Å²) in [4.78, 5) is 26.4. The Bertz CT molecular complexity index is 1080. The number of anilines is 1. The largest absolute Gasteiger partial charge is 0.497 e. The summed E-state index contributed by atoms with van der Waals surface area (Å²) in [5.41, 5.74) is 5.21. The summed E-state index contributed by atoms with van der Waals surface area (Å²) in [5.74, 6) is 1.85. The van der Waals surface area contributed by atoms with Crippen molar-refractivity contribution < 1.29 is 9.53 Å². The highest BCUT2D eigenvalue weighted by molar-refractivity contribution is 5.79. The number of benzene rings is 2. The number of nitrogens with zero attached hydrogens (tertiary/aromatic N) is 4. The third-order valence-electron chi connectivity index (χ3n) is 5.96. The fourth-order valence-corrected chi connectivity index (χ4v) is 3.99. The van der Waals surface area contributed by atoms with Crippen molar-refractivity contribution in [2.75, 3.05) is 39.2 Å². The molecule has 1 saturated heterocycles. The average Bonchev–Trinajstić information content (AvgIpc) is 3.30. The molecule has 166 valence electrons. The number of amides is 1. The lowest BCUT2D eigenvalue weighted by molar-refractivity contribution is -0.129. The zero-order valence-electron chi connectivity index (χ0n) is 19.2. The molecule has 4 rings (SSSR count). The molecule has 1 unspecified atom stereocenters. The van der Waals surface area contributed by atoms with Crippen molar-refractivity contribution in [1.82, 2.24) is 14.9 Å². The molecule has 1 atom stereocenters. The van der Waals surface area contributed by atoms with Gasteiger partial charge in [0.1, 0.15) is 5.75 Å². The van der Waals surface area contributed by atoms with E-state index in [1.807, 2.05) is 48.2 Å². The van der Waals surface area contributed by atoms with Gasteiger partial charge in [0.15, 0.2) is 0 Å². The van der Waals surface area contributed by atoms with Gasteiger partial charge in [0.05, 0.1) is 24.9 Å². The molecule has 1 aromatic heterocycles. The number of carbonyl (C=O) groups is 1. The van der Waals surface area contributed by atoms with Gasteiger partial charge in [-0.25, -0.2) is 9.97 Å². The number of rotatable bonds is 6. The normalized spacial score (nSPS) is 15.6. The molecule has 1 aliphatic heterocycles. The van der Waals surface area contributed by atoms with Crippen LogP contribution >= 0.6 is 0 Å². The van der Waals surface area contributed by atoms with E-state index >= 15 is 0 Å². The van der Waals surface area contributed by atoms with E-state index in [0.29, 0.717) is 18.9 Å². The summed E-state index contributed by atoms with van der Waals surface area (Å²) in [6.07, 6.45) is 1.31. The highest BCUT2D eigenvalue weighted by Gasteiger charge is 2.29. The summed E-state index contributed by atoms with van der Waals surface area (Å²) in [7, 11) is 5.55.